The van der Waals surface area contributed by atoms with E-state index in [1.807, 2.05) is 13.8 Å². The minimum absolute atomic E-state index is 0.173. The monoisotopic (exact) mass is 185 g/mol. The van der Waals surface area contributed by atoms with Gasteiger partial charge in [-0.2, -0.15) is 0 Å². The van der Waals surface area contributed by atoms with Gasteiger partial charge in [0.1, 0.15) is 0 Å². The highest BCUT2D eigenvalue weighted by Crippen LogP contribution is 2.32. The Morgan fingerprint density at radius 1 is 1.54 bits per heavy atom. The third-order valence-electron chi connectivity index (χ3n) is 2.09. The van der Waals surface area contributed by atoms with Gasteiger partial charge in [0.2, 0.25) is 0 Å². The van der Waals surface area contributed by atoms with Gasteiger partial charge >= 0.3 is 5.97 Å². The molecule has 2 N–H and O–H groups in total. The summed E-state index contributed by atoms with van der Waals surface area (Å²) in [6.45, 7) is 4.23. The average Bonchev–Trinajstić information content (AvgIpc) is 2.66. The van der Waals surface area contributed by atoms with Gasteiger partial charge in [0, 0.05) is 5.54 Å². The lowest BCUT2D eigenvalue weighted by molar-refractivity contribution is -0.144. The second kappa shape index (κ2) is 4.09. The quantitative estimate of drug-likeness (QED) is 0.660. The molecule has 1 aliphatic rings. The van der Waals surface area contributed by atoms with Gasteiger partial charge in [0.15, 0.2) is 0 Å². The third-order valence-corrected chi connectivity index (χ3v) is 2.09. The van der Waals surface area contributed by atoms with Crippen molar-refractivity contribution in [3.63, 3.8) is 0 Å². The van der Waals surface area contributed by atoms with E-state index in [-0.39, 0.29) is 5.97 Å². The molecule has 0 saturated heterocycles. The molecule has 0 spiro atoms. The molecule has 0 aromatic carbocycles. The Morgan fingerprint density at radius 2 is 2.15 bits per heavy atom. The molecule has 1 saturated carbocycles. The van der Waals surface area contributed by atoms with Crippen LogP contribution in [-0.2, 0) is 9.53 Å². The number of hydrogen-bond acceptors (Lipinski definition) is 3. The van der Waals surface area contributed by atoms with E-state index in [1.54, 1.807) is 0 Å². The Balaban J connectivity index is 2.02. The first kappa shape index (κ1) is 10.5. The van der Waals surface area contributed by atoms with Gasteiger partial charge in [0.25, 0.3) is 0 Å². The molecule has 76 valence electrons. The Bertz CT molecular complexity index is 180. The van der Waals surface area contributed by atoms with E-state index in [1.165, 1.54) is 12.8 Å². The summed E-state index contributed by atoms with van der Waals surface area (Å²) in [5, 5.41) is 0. The molecule has 3 nitrogen and oxygen atoms in total. The number of nitrogens with two attached hydrogens (primary N) is 1. The van der Waals surface area contributed by atoms with Crippen LogP contribution < -0.4 is 5.73 Å². The van der Waals surface area contributed by atoms with E-state index in [0.29, 0.717) is 13.0 Å². The first-order chi connectivity index (χ1) is 5.97. The molecular weight excluding hydrogens is 166 g/mol. The van der Waals surface area contributed by atoms with Crippen LogP contribution >= 0.6 is 0 Å². The predicted molar refractivity (Wildman–Crippen MR) is 51.2 cm³/mol. The summed E-state index contributed by atoms with van der Waals surface area (Å²) in [6.07, 6.45) is 3.94. The van der Waals surface area contributed by atoms with Gasteiger partial charge in [-0.3, -0.25) is 4.79 Å². The minimum atomic E-state index is -0.448. The molecule has 0 radical (unpaired) electrons. The number of rotatable bonds is 5. The number of carbonyl (C=O) groups excluding carboxylic acids is 1. The van der Waals surface area contributed by atoms with Crippen LogP contribution in [0.15, 0.2) is 0 Å². The lowest BCUT2D eigenvalue weighted by Gasteiger charge is -2.16. The van der Waals surface area contributed by atoms with Crippen molar-refractivity contribution in [2.75, 3.05) is 6.61 Å². The maximum atomic E-state index is 11.2. The lowest BCUT2D eigenvalue weighted by Crippen LogP contribution is -2.35. The summed E-state index contributed by atoms with van der Waals surface area (Å²) < 4.78 is 5.05. The highest BCUT2D eigenvalue weighted by molar-refractivity contribution is 5.70. The highest BCUT2D eigenvalue weighted by atomic mass is 16.5. The van der Waals surface area contributed by atoms with Gasteiger partial charge in [0.05, 0.1) is 13.0 Å². The molecule has 1 fully saturated rings. The van der Waals surface area contributed by atoms with Gasteiger partial charge in [-0.25, -0.2) is 0 Å². The van der Waals surface area contributed by atoms with Crippen LogP contribution in [0.3, 0.4) is 0 Å². The van der Waals surface area contributed by atoms with Gasteiger partial charge < -0.3 is 10.5 Å². The van der Waals surface area contributed by atoms with Gasteiger partial charge in [-0.1, -0.05) is 12.8 Å². The zero-order valence-electron chi connectivity index (χ0n) is 8.51. The zero-order valence-corrected chi connectivity index (χ0v) is 8.51. The number of carbonyl (C=O) groups is 1. The fourth-order valence-corrected chi connectivity index (χ4v) is 1.17. The Labute approximate surface area is 79.6 Å². The van der Waals surface area contributed by atoms with Gasteiger partial charge in [-0.15, -0.1) is 0 Å². The molecular formula is C10H19NO2. The summed E-state index contributed by atoms with van der Waals surface area (Å²) in [4.78, 5) is 11.2. The van der Waals surface area contributed by atoms with Crippen molar-refractivity contribution in [1.82, 2.24) is 0 Å². The molecule has 0 bridgehead atoms. The van der Waals surface area contributed by atoms with Crippen molar-refractivity contribution in [3.05, 3.63) is 0 Å². The van der Waals surface area contributed by atoms with Crippen LogP contribution in [0.5, 0.6) is 0 Å². The summed E-state index contributed by atoms with van der Waals surface area (Å²) in [5.74, 6) is 0.645. The molecule has 13 heavy (non-hydrogen) atoms. The van der Waals surface area contributed by atoms with Crippen LogP contribution in [0.1, 0.15) is 39.5 Å². The van der Waals surface area contributed by atoms with Crippen molar-refractivity contribution in [2.45, 2.75) is 45.1 Å². The van der Waals surface area contributed by atoms with Crippen molar-refractivity contribution < 1.29 is 9.53 Å². The first-order valence-electron chi connectivity index (χ1n) is 4.92. The minimum Gasteiger partial charge on any atom is -0.466 e. The maximum Gasteiger partial charge on any atom is 0.307 e. The molecule has 0 heterocycles. The molecule has 1 aliphatic carbocycles. The van der Waals surface area contributed by atoms with E-state index in [9.17, 15) is 4.79 Å². The number of hydrogen-bond donors (Lipinski definition) is 1. The van der Waals surface area contributed by atoms with Crippen LogP contribution in [0, 0.1) is 5.92 Å². The Kier molecular flexibility index (Phi) is 3.31. The van der Waals surface area contributed by atoms with Crippen LogP contribution in [-0.4, -0.2) is 18.1 Å². The lowest BCUT2D eigenvalue weighted by atomic mass is 10.0. The first-order valence-corrected chi connectivity index (χ1v) is 4.92. The third kappa shape index (κ3) is 5.64. The zero-order chi connectivity index (χ0) is 9.90. The second-order valence-electron chi connectivity index (χ2n) is 4.62. The fraction of sp³-hybridized carbons (Fsp3) is 0.900. The van der Waals surface area contributed by atoms with Crippen LogP contribution in [0.4, 0.5) is 0 Å². The molecule has 1 rings (SSSR count). The molecule has 0 aliphatic heterocycles. The highest BCUT2D eigenvalue weighted by Gasteiger charge is 2.22. The molecule has 0 unspecified atom stereocenters. The summed E-state index contributed by atoms with van der Waals surface area (Å²) in [6, 6.07) is 0. The van der Waals surface area contributed by atoms with Gasteiger partial charge in [-0.05, 0) is 26.2 Å². The number of ether oxygens (including phenoxy) is 1. The number of esters is 1. The normalized spacial score (nSPS) is 17.2. The fourth-order valence-electron chi connectivity index (χ4n) is 1.17. The smallest absolute Gasteiger partial charge is 0.307 e. The van der Waals surface area contributed by atoms with E-state index < -0.39 is 5.54 Å². The summed E-state index contributed by atoms with van der Waals surface area (Å²) in [7, 11) is 0. The second-order valence-corrected chi connectivity index (χ2v) is 4.62. The molecule has 3 heteroatoms. The Morgan fingerprint density at radius 3 is 2.62 bits per heavy atom. The SMILES string of the molecule is CC(C)(N)CC(=O)OCCC1CC1. The van der Waals surface area contributed by atoms with Crippen molar-refractivity contribution in [2.24, 2.45) is 11.7 Å². The summed E-state index contributed by atoms with van der Waals surface area (Å²) >= 11 is 0. The van der Waals surface area contributed by atoms with E-state index in [0.717, 1.165) is 12.3 Å². The van der Waals surface area contributed by atoms with Crippen LogP contribution in [0.2, 0.25) is 0 Å². The standard InChI is InChI=1S/C10H19NO2/c1-10(2,11)7-9(12)13-6-5-8-3-4-8/h8H,3-7,11H2,1-2H3. The molecule has 0 atom stereocenters. The molecule has 0 aromatic heterocycles. The van der Waals surface area contributed by atoms with E-state index >= 15 is 0 Å². The topological polar surface area (TPSA) is 52.3 Å². The van der Waals surface area contributed by atoms with Crippen molar-refractivity contribution >= 4 is 5.97 Å². The van der Waals surface area contributed by atoms with Crippen molar-refractivity contribution in [1.29, 1.82) is 0 Å². The molecule has 0 amide bonds. The maximum absolute atomic E-state index is 11.2. The van der Waals surface area contributed by atoms with Crippen molar-refractivity contribution in [3.8, 4) is 0 Å². The van der Waals surface area contributed by atoms with Crippen LogP contribution in [0.25, 0.3) is 0 Å². The Hall–Kier alpha value is -0.570. The van der Waals surface area contributed by atoms with E-state index in [4.69, 9.17) is 10.5 Å². The predicted octanol–water partition coefficient (Wildman–Crippen LogP) is 1.46. The molecule has 0 aromatic rings. The van der Waals surface area contributed by atoms with E-state index in [2.05, 4.69) is 0 Å². The largest absolute Gasteiger partial charge is 0.466 e. The summed E-state index contributed by atoms with van der Waals surface area (Å²) in [5.41, 5.74) is 5.23. The average molecular weight is 185 g/mol.